The molecule has 3 rings (SSSR count). The predicted octanol–water partition coefficient (Wildman–Crippen LogP) is 0.158. The van der Waals surface area contributed by atoms with Crippen LogP contribution in [-0.4, -0.2) is 98.7 Å². The van der Waals surface area contributed by atoms with Crippen molar-refractivity contribution < 1.29 is 8.42 Å². The Bertz CT molecular complexity index is 714. The van der Waals surface area contributed by atoms with Gasteiger partial charge in [0.1, 0.15) is 5.82 Å². The first-order chi connectivity index (χ1) is 13.1. The summed E-state index contributed by atoms with van der Waals surface area (Å²) in [4.78, 5) is 13.2. The molecule has 2 aliphatic heterocycles. The SMILES string of the molecule is CN=C(NCCS(=O)(=O)N1CCSCC1)N1CCN(c2ccccn2)CC1. The van der Waals surface area contributed by atoms with Crippen molar-refractivity contribution in [3.63, 3.8) is 0 Å². The lowest BCUT2D eigenvalue weighted by Crippen LogP contribution is -2.53. The molecule has 0 saturated carbocycles. The Morgan fingerprint density at radius 1 is 1.19 bits per heavy atom. The number of hydrogen-bond acceptors (Lipinski definition) is 6. The van der Waals surface area contributed by atoms with Gasteiger partial charge in [-0.2, -0.15) is 11.8 Å². The number of sulfonamides is 1. The van der Waals surface area contributed by atoms with E-state index in [1.807, 2.05) is 36.2 Å². The second-order valence-corrected chi connectivity index (χ2v) is 9.78. The Hall–Kier alpha value is -1.52. The van der Waals surface area contributed by atoms with Crippen LogP contribution >= 0.6 is 11.8 Å². The highest BCUT2D eigenvalue weighted by molar-refractivity contribution is 7.99. The molecule has 0 aliphatic carbocycles. The zero-order valence-corrected chi connectivity index (χ0v) is 17.4. The van der Waals surface area contributed by atoms with Crippen molar-refractivity contribution in [1.82, 2.24) is 19.5 Å². The largest absolute Gasteiger partial charge is 0.355 e. The quantitative estimate of drug-likeness (QED) is 0.545. The van der Waals surface area contributed by atoms with Crippen LogP contribution in [0, 0.1) is 0 Å². The van der Waals surface area contributed by atoms with Crippen molar-refractivity contribution in [2.75, 3.05) is 75.0 Å². The summed E-state index contributed by atoms with van der Waals surface area (Å²) in [6.07, 6.45) is 1.81. The van der Waals surface area contributed by atoms with E-state index in [0.717, 1.165) is 49.5 Å². The van der Waals surface area contributed by atoms with E-state index in [4.69, 9.17) is 0 Å². The standard InChI is InChI=1S/C17H28N6O2S2/c1-18-17(20-6-15-27(24,25)23-11-13-26-14-12-23)22-9-7-21(8-10-22)16-4-2-3-5-19-16/h2-5H,6-15H2,1H3,(H,18,20). The number of aliphatic imine (C=N–C) groups is 1. The first-order valence-corrected chi connectivity index (χ1v) is 12.0. The molecule has 3 heterocycles. The van der Waals surface area contributed by atoms with Crippen LogP contribution in [-0.2, 0) is 10.0 Å². The molecule has 27 heavy (non-hydrogen) atoms. The Kier molecular flexibility index (Phi) is 7.20. The van der Waals surface area contributed by atoms with Gasteiger partial charge >= 0.3 is 0 Å². The molecular formula is C17H28N6O2S2. The van der Waals surface area contributed by atoms with Gasteiger partial charge in [-0.3, -0.25) is 4.99 Å². The van der Waals surface area contributed by atoms with E-state index in [9.17, 15) is 8.42 Å². The first-order valence-electron chi connectivity index (χ1n) is 9.27. The van der Waals surface area contributed by atoms with Gasteiger partial charge in [0.25, 0.3) is 0 Å². The van der Waals surface area contributed by atoms with Crippen LogP contribution < -0.4 is 10.2 Å². The second-order valence-electron chi connectivity index (χ2n) is 6.46. The Labute approximate surface area is 166 Å². The lowest BCUT2D eigenvalue weighted by Gasteiger charge is -2.37. The molecule has 0 radical (unpaired) electrons. The molecule has 1 aromatic rings. The van der Waals surface area contributed by atoms with Crippen LogP contribution in [0.4, 0.5) is 5.82 Å². The van der Waals surface area contributed by atoms with Crippen LogP contribution in [0.5, 0.6) is 0 Å². The minimum Gasteiger partial charge on any atom is -0.355 e. The number of guanidine groups is 1. The van der Waals surface area contributed by atoms with Gasteiger partial charge in [-0.25, -0.2) is 17.7 Å². The summed E-state index contributed by atoms with van der Waals surface area (Å²) < 4.78 is 26.5. The van der Waals surface area contributed by atoms with Gasteiger partial charge in [0.15, 0.2) is 5.96 Å². The smallest absolute Gasteiger partial charge is 0.215 e. The molecule has 0 bridgehead atoms. The number of aromatic nitrogens is 1. The predicted molar refractivity (Wildman–Crippen MR) is 112 cm³/mol. The lowest BCUT2D eigenvalue weighted by atomic mass is 10.3. The number of nitrogens with zero attached hydrogens (tertiary/aromatic N) is 5. The van der Waals surface area contributed by atoms with Gasteiger partial charge in [-0.05, 0) is 12.1 Å². The average Bonchev–Trinajstić information content (AvgIpc) is 2.73. The molecule has 0 aromatic carbocycles. The van der Waals surface area contributed by atoms with Crippen LogP contribution in [0.2, 0.25) is 0 Å². The number of thioether (sulfide) groups is 1. The second kappa shape index (κ2) is 9.61. The van der Waals surface area contributed by atoms with E-state index in [1.54, 1.807) is 11.4 Å². The lowest BCUT2D eigenvalue weighted by molar-refractivity contribution is 0.372. The van der Waals surface area contributed by atoms with Crippen molar-refractivity contribution in [2.24, 2.45) is 4.99 Å². The first kappa shape index (κ1) is 20.2. The maximum atomic E-state index is 12.4. The number of rotatable bonds is 5. The van der Waals surface area contributed by atoms with E-state index >= 15 is 0 Å². The number of piperazine rings is 1. The maximum absolute atomic E-state index is 12.4. The molecule has 2 fully saturated rings. The van der Waals surface area contributed by atoms with Crippen LogP contribution in [0.25, 0.3) is 0 Å². The van der Waals surface area contributed by atoms with E-state index < -0.39 is 10.0 Å². The summed E-state index contributed by atoms with van der Waals surface area (Å²) in [6.45, 7) is 5.00. The molecule has 0 unspecified atom stereocenters. The van der Waals surface area contributed by atoms with Gasteiger partial charge in [-0.15, -0.1) is 0 Å². The van der Waals surface area contributed by atoms with Gasteiger partial charge in [-0.1, -0.05) is 6.07 Å². The van der Waals surface area contributed by atoms with Gasteiger partial charge in [0, 0.05) is 70.6 Å². The third kappa shape index (κ3) is 5.49. The molecule has 0 atom stereocenters. The highest BCUT2D eigenvalue weighted by atomic mass is 32.2. The number of nitrogens with one attached hydrogen (secondary N) is 1. The minimum atomic E-state index is -3.20. The fraction of sp³-hybridized carbons (Fsp3) is 0.647. The van der Waals surface area contributed by atoms with E-state index in [0.29, 0.717) is 19.6 Å². The molecule has 2 saturated heterocycles. The number of hydrogen-bond donors (Lipinski definition) is 1. The summed E-state index contributed by atoms with van der Waals surface area (Å²) in [7, 11) is -1.46. The number of anilines is 1. The molecule has 1 aromatic heterocycles. The van der Waals surface area contributed by atoms with Crippen molar-refractivity contribution in [2.45, 2.75) is 0 Å². The fourth-order valence-corrected chi connectivity index (χ4v) is 5.76. The Balaban J connectivity index is 1.46. The Morgan fingerprint density at radius 2 is 1.93 bits per heavy atom. The number of pyridine rings is 1. The zero-order valence-electron chi connectivity index (χ0n) is 15.7. The van der Waals surface area contributed by atoms with Crippen molar-refractivity contribution in [3.8, 4) is 0 Å². The van der Waals surface area contributed by atoms with E-state index in [2.05, 4.69) is 25.1 Å². The summed E-state index contributed by atoms with van der Waals surface area (Å²) in [5, 5.41) is 3.22. The van der Waals surface area contributed by atoms with Crippen molar-refractivity contribution in [1.29, 1.82) is 0 Å². The molecule has 8 nitrogen and oxygen atoms in total. The minimum absolute atomic E-state index is 0.102. The highest BCUT2D eigenvalue weighted by Gasteiger charge is 2.25. The van der Waals surface area contributed by atoms with E-state index in [-0.39, 0.29) is 5.75 Å². The summed E-state index contributed by atoms with van der Waals surface area (Å²) >= 11 is 1.81. The van der Waals surface area contributed by atoms with Crippen LogP contribution in [0.1, 0.15) is 0 Å². The van der Waals surface area contributed by atoms with E-state index in [1.165, 1.54) is 0 Å². The van der Waals surface area contributed by atoms with Crippen molar-refractivity contribution in [3.05, 3.63) is 24.4 Å². The summed E-state index contributed by atoms with van der Waals surface area (Å²) in [5.41, 5.74) is 0. The molecule has 1 N–H and O–H groups in total. The van der Waals surface area contributed by atoms with Gasteiger partial charge in [0.05, 0.1) is 5.75 Å². The summed E-state index contributed by atoms with van der Waals surface area (Å²) in [5.74, 6) is 3.62. The third-order valence-corrected chi connectivity index (χ3v) is 7.59. The third-order valence-electron chi connectivity index (χ3n) is 4.77. The normalized spacial score (nSPS) is 20.0. The highest BCUT2D eigenvalue weighted by Crippen LogP contribution is 2.14. The molecule has 0 spiro atoms. The van der Waals surface area contributed by atoms with Crippen LogP contribution in [0.3, 0.4) is 0 Å². The molecule has 150 valence electrons. The van der Waals surface area contributed by atoms with Crippen LogP contribution in [0.15, 0.2) is 29.4 Å². The molecular weight excluding hydrogens is 384 g/mol. The Morgan fingerprint density at radius 3 is 2.56 bits per heavy atom. The molecule has 0 amide bonds. The zero-order chi connectivity index (χ0) is 19.1. The van der Waals surface area contributed by atoms with Crippen molar-refractivity contribution >= 4 is 33.6 Å². The molecule has 10 heteroatoms. The topological polar surface area (TPSA) is 81.1 Å². The van der Waals surface area contributed by atoms with Gasteiger partial charge < -0.3 is 15.1 Å². The maximum Gasteiger partial charge on any atom is 0.215 e. The van der Waals surface area contributed by atoms with Gasteiger partial charge in [0.2, 0.25) is 10.0 Å². The fourth-order valence-electron chi connectivity index (χ4n) is 3.27. The molecule has 2 aliphatic rings. The monoisotopic (exact) mass is 412 g/mol. The summed E-state index contributed by atoms with van der Waals surface area (Å²) in [6, 6.07) is 5.94. The average molecular weight is 413 g/mol.